The quantitative estimate of drug-likeness (QED) is 0.404. The van der Waals surface area contributed by atoms with Gasteiger partial charge in [-0.15, -0.1) is 0 Å². The van der Waals surface area contributed by atoms with Gasteiger partial charge in [0.15, 0.2) is 0 Å². The van der Waals surface area contributed by atoms with E-state index < -0.39 is 5.97 Å². The Labute approximate surface area is 144 Å². The molecule has 5 heteroatoms. The Morgan fingerprint density at radius 1 is 0.875 bits per heavy atom. The average molecular weight is 337 g/mol. The smallest absolute Gasteiger partial charge is 0.312 e. The van der Waals surface area contributed by atoms with Crippen LogP contribution in [0, 0.1) is 0 Å². The summed E-state index contributed by atoms with van der Waals surface area (Å²) in [5, 5.41) is 4.64. The summed E-state index contributed by atoms with van der Waals surface area (Å²) < 4.78 is 0. The second-order valence-electron chi connectivity index (χ2n) is 4.91. The van der Waals surface area contributed by atoms with E-state index in [1.165, 1.54) is 0 Å². The van der Waals surface area contributed by atoms with Crippen molar-refractivity contribution >= 4 is 23.3 Å². The Hall–Kier alpha value is -2.98. The lowest BCUT2D eigenvalue weighted by molar-refractivity contribution is 0.0517. The predicted molar refractivity (Wildman–Crippen MR) is 93.2 cm³/mol. The predicted octanol–water partition coefficient (Wildman–Crippen LogP) is 4.34. The molecule has 0 aliphatic rings. The lowest BCUT2D eigenvalue weighted by atomic mass is 10.1. The van der Waals surface area contributed by atoms with Crippen molar-refractivity contribution in [1.82, 2.24) is 4.98 Å². The van der Waals surface area contributed by atoms with Crippen molar-refractivity contribution in [1.29, 1.82) is 0 Å². The first-order valence-electron chi connectivity index (χ1n) is 7.26. The van der Waals surface area contributed by atoms with Crippen molar-refractivity contribution in [3.63, 3.8) is 0 Å². The molecule has 0 amide bonds. The van der Waals surface area contributed by atoms with E-state index in [0.717, 1.165) is 5.56 Å². The highest BCUT2D eigenvalue weighted by Gasteiger charge is 2.12. The maximum Gasteiger partial charge on any atom is 0.365 e. The molecule has 0 fully saturated rings. The summed E-state index contributed by atoms with van der Waals surface area (Å²) in [6, 6.07) is 21.2. The van der Waals surface area contributed by atoms with Gasteiger partial charge in [0, 0.05) is 16.8 Å². The van der Waals surface area contributed by atoms with E-state index in [0.29, 0.717) is 22.0 Å². The van der Waals surface area contributed by atoms with Crippen LogP contribution in [0.25, 0.3) is 0 Å². The van der Waals surface area contributed by atoms with Crippen molar-refractivity contribution in [2.24, 2.45) is 5.16 Å². The van der Waals surface area contributed by atoms with E-state index in [2.05, 4.69) is 10.1 Å². The van der Waals surface area contributed by atoms with Crippen LogP contribution in [0.1, 0.15) is 21.6 Å². The van der Waals surface area contributed by atoms with Gasteiger partial charge >= 0.3 is 5.97 Å². The number of carbonyl (C=O) groups is 1. The highest BCUT2D eigenvalue weighted by molar-refractivity contribution is 6.30. The molecule has 118 valence electrons. The summed E-state index contributed by atoms with van der Waals surface area (Å²) >= 11 is 5.93. The monoisotopic (exact) mass is 336 g/mol. The molecule has 0 bridgehead atoms. The summed E-state index contributed by atoms with van der Waals surface area (Å²) in [5.74, 6) is -0.530. The van der Waals surface area contributed by atoms with Gasteiger partial charge in [0.2, 0.25) is 0 Å². The third-order valence-electron chi connectivity index (χ3n) is 3.25. The lowest BCUT2D eigenvalue weighted by Gasteiger charge is -2.06. The van der Waals surface area contributed by atoms with Gasteiger partial charge in [-0.25, -0.2) is 4.79 Å². The molecule has 24 heavy (non-hydrogen) atoms. The minimum Gasteiger partial charge on any atom is -0.312 e. The first kappa shape index (κ1) is 15.9. The minimum absolute atomic E-state index is 0.428. The zero-order valence-corrected chi connectivity index (χ0v) is 13.4. The molecule has 0 saturated heterocycles. The van der Waals surface area contributed by atoms with Crippen LogP contribution in [0.5, 0.6) is 0 Å². The molecule has 0 aliphatic carbocycles. The van der Waals surface area contributed by atoms with E-state index in [1.807, 2.05) is 12.1 Å². The number of rotatable bonds is 4. The van der Waals surface area contributed by atoms with E-state index >= 15 is 0 Å². The lowest BCUT2D eigenvalue weighted by Crippen LogP contribution is -2.09. The number of carbonyl (C=O) groups excluding carboxylic acids is 1. The molecular weight excluding hydrogens is 324 g/mol. The molecule has 3 rings (SSSR count). The zero-order chi connectivity index (χ0) is 16.8. The molecule has 1 heterocycles. The van der Waals surface area contributed by atoms with Crippen LogP contribution < -0.4 is 0 Å². The number of halogens is 1. The average Bonchev–Trinajstić information content (AvgIpc) is 2.65. The Balaban J connectivity index is 1.93. The number of pyridine rings is 1. The molecule has 0 N–H and O–H groups in total. The molecule has 0 aliphatic heterocycles. The largest absolute Gasteiger partial charge is 0.365 e. The molecule has 0 saturated carbocycles. The number of oxime groups is 1. The van der Waals surface area contributed by atoms with E-state index in [4.69, 9.17) is 16.4 Å². The second-order valence-corrected chi connectivity index (χ2v) is 5.34. The third-order valence-corrected chi connectivity index (χ3v) is 3.51. The molecule has 3 aromatic rings. The van der Waals surface area contributed by atoms with Crippen molar-refractivity contribution < 1.29 is 9.63 Å². The number of hydrogen-bond acceptors (Lipinski definition) is 4. The SMILES string of the molecule is O=C(O/N=C(\c1ccc(Cl)cc1)c1ccccn1)c1ccccc1. The summed E-state index contributed by atoms with van der Waals surface area (Å²) in [7, 11) is 0. The Kier molecular flexibility index (Phi) is 4.99. The Bertz CT molecular complexity index is 848. The number of aromatic nitrogens is 1. The van der Waals surface area contributed by atoms with Crippen molar-refractivity contribution in [3.05, 3.63) is 101 Å². The van der Waals surface area contributed by atoms with Crippen LogP contribution in [-0.2, 0) is 4.84 Å². The normalized spacial score (nSPS) is 11.1. The fraction of sp³-hybridized carbons (Fsp3) is 0. The van der Waals surface area contributed by atoms with Crippen molar-refractivity contribution in [2.75, 3.05) is 0 Å². The maximum absolute atomic E-state index is 12.1. The minimum atomic E-state index is -0.530. The van der Waals surface area contributed by atoms with Crippen LogP contribution in [0.3, 0.4) is 0 Å². The number of benzene rings is 2. The standard InChI is InChI=1S/C19H13ClN2O2/c20-16-11-9-14(10-12-16)18(17-8-4-5-13-21-17)22-24-19(23)15-6-2-1-3-7-15/h1-13H/b22-18+. The van der Waals surface area contributed by atoms with E-state index in [-0.39, 0.29) is 0 Å². The highest BCUT2D eigenvalue weighted by Crippen LogP contribution is 2.14. The molecule has 4 nitrogen and oxygen atoms in total. The van der Waals surface area contributed by atoms with Crippen LogP contribution in [-0.4, -0.2) is 16.7 Å². The second kappa shape index (κ2) is 7.53. The molecule has 1 aromatic heterocycles. The first-order chi connectivity index (χ1) is 11.7. The van der Waals surface area contributed by atoms with Gasteiger partial charge in [-0.05, 0) is 36.4 Å². The van der Waals surface area contributed by atoms with Gasteiger partial charge in [0.05, 0.1) is 11.3 Å². The van der Waals surface area contributed by atoms with Crippen molar-refractivity contribution in [2.45, 2.75) is 0 Å². The van der Waals surface area contributed by atoms with Crippen LogP contribution in [0.2, 0.25) is 5.02 Å². The van der Waals surface area contributed by atoms with E-state index in [9.17, 15) is 4.79 Å². The topological polar surface area (TPSA) is 51.5 Å². The third kappa shape index (κ3) is 3.86. The summed E-state index contributed by atoms with van der Waals surface area (Å²) in [4.78, 5) is 21.5. The summed E-state index contributed by atoms with van der Waals surface area (Å²) in [5.41, 5.74) is 2.23. The van der Waals surface area contributed by atoms with Crippen LogP contribution in [0.4, 0.5) is 0 Å². The maximum atomic E-state index is 12.1. The van der Waals surface area contributed by atoms with Crippen LogP contribution in [0.15, 0.2) is 84.1 Å². The van der Waals surface area contributed by atoms with Crippen LogP contribution >= 0.6 is 11.6 Å². The van der Waals surface area contributed by atoms with Crippen molar-refractivity contribution in [3.8, 4) is 0 Å². The van der Waals surface area contributed by atoms with Gasteiger partial charge < -0.3 is 4.84 Å². The summed E-state index contributed by atoms with van der Waals surface area (Å²) in [6.07, 6.45) is 1.65. The van der Waals surface area contributed by atoms with Gasteiger partial charge in [-0.1, -0.05) is 53.2 Å². The van der Waals surface area contributed by atoms with Gasteiger partial charge in [-0.3, -0.25) is 4.98 Å². The van der Waals surface area contributed by atoms with Gasteiger partial charge in [-0.2, -0.15) is 0 Å². The van der Waals surface area contributed by atoms with E-state index in [1.54, 1.807) is 66.9 Å². The highest BCUT2D eigenvalue weighted by atomic mass is 35.5. The Morgan fingerprint density at radius 3 is 2.25 bits per heavy atom. The number of hydrogen-bond donors (Lipinski definition) is 0. The molecule has 0 atom stereocenters. The fourth-order valence-corrected chi connectivity index (χ4v) is 2.20. The van der Waals surface area contributed by atoms with Gasteiger partial charge in [0.25, 0.3) is 0 Å². The number of nitrogens with zero attached hydrogens (tertiary/aromatic N) is 2. The molecular formula is C19H13ClN2O2. The molecule has 0 radical (unpaired) electrons. The first-order valence-corrected chi connectivity index (χ1v) is 7.63. The molecule has 0 unspecified atom stereocenters. The fourth-order valence-electron chi connectivity index (χ4n) is 2.07. The Morgan fingerprint density at radius 2 is 1.58 bits per heavy atom. The molecule has 2 aromatic carbocycles. The summed E-state index contributed by atoms with van der Waals surface area (Å²) in [6.45, 7) is 0. The molecule has 0 spiro atoms. The zero-order valence-electron chi connectivity index (χ0n) is 12.6. The van der Waals surface area contributed by atoms with Gasteiger partial charge in [0.1, 0.15) is 5.71 Å².